The number of amides is 1. The number of aryl methyl sites for hydroxylation is 1. The van der Waals surface area contributed by atoms with Gasteiger partial charge in [-0.2, -0.15) is 0 Å². The summed E-state index contributed by atoms with van der Waals surface area (Å²) in [6.45, 7) is 11.0. The average Bonchev–Trinajstić information content (AvgIpc) is 2.88. The molecule has 3 aromatic rings. The zero-order valence-corrected chi connectivity index (χ0v) is 16.8. The van der Waals surface area contributed by atoms with E-state index in [2.05, 4.69) is 54.9 Å². The normalized spacial score (nSPS) is 12.0. The Balaban J connectivity index is 1.91. The van der Waals surface area contributed by atoms with Crippen LogP contribution in [0, 0.1) is 27.7 Å². The Hall–Kier alpha value is -2.81. The molecule has 0 saturated heterocycles. The average molecular weight is 361 g/mol. The Bertz CT molecular complexity index is 937. The number of aromatic nitrogens is 1. The Labute approximate surface area is 162 Å². The molecule has 0 aliphatic carbocycles. The number of carbonyl (C=O) groups is 1. The SMILES string of the molecule is Cc1ccc(Cn2c(C)c(C)c(C)c2C(=O)N[C@@H](C)c2ccccc2)cc1. The van der Waals surface area contributed by atoms with Crippen LogP contribution in [0.15, 0.2) is 54.6 Å². The number of hydrogen-bond donors (Lipinski definition) is 1. The zero-order valence-electron chi connectivity index (χ0n) is 16.8. The van der Waals surface area contributed by atoms with Crippen LogP contribution in [-0.2, 0) is 6.54 Å². The van der Waals surface area contributed by atoms with Crippen LogP contribution in [0.2, 0.25) is 0 Å². The molecule has 0 unspecified atom stereocenters. The van der Waals surface area contributed by atoms with Gasteiger partial charge in [0.05, 0.1) is 6.04 Å². The van der Waals surface area contributed by atoms with Crippen molar-refractivity contribution in [1.82, 2.24) is 9.88 Å². The summed E-state index contributed by atoms with van der Waals surface area (Å²) in [5, 5.41) is 3.17. The topological polar surface area (TPSA) is 34.0 Å². The molecule has 1 amide bonds. The fourth-order valence-electron chi connectivity index (χ4n) is 3.48. The van der Waals surface area contributed by atoms with Gasteiger partial charge in [-0.15, -0.1) is 0 Å². The van der Waals surface area contributed by atoms with E-state index >= 15 is 0 Å². The number of nitrogens with one attached hydrogen (secondary N) is 1. The van der Waals surface area contributed by atoms with Gasteiger partial charge in [0.15, 0.2) is 0 Å². The number of rotatable bonds is 5. The van der Waals surface area contributed by atoms with Crippen LogP contribution in [0.1, 0.15) is 57.0 Å². The minimum absolute atomic E-state index is 0.0211. The van der Waals surface area contributed by atoms with Gasteiger partial charge in [0.25, 0.3) is 5.91 Å². The van der Waals surface area contributed by atoms with E-state index in [1.165, 1.54) is 16.7 Å². The first-order valence-corrected chi connectivity index (χ1v) is 9.46. The maximum absolute atomic E-state index is 13.1. The summed E-state index contributed by atoms with van der Waals surface area (Å²) in [4.78, 5) is 13.1. The lowest BCUT2D eigenvalue weighted by Crippen LogP contribution is -2.29. The highest BCUT2D eigenvalue weighted by atomic mass is 16.2. The standard InChI is InChI=1S/C24H28N2O/c1-16-11-13-21(14-12-16)15-26-20(5)17(2)18(3)23(26)24(27)25-19(4)22-9-7-6-8-10-22/h6-14,19H,15H2,1-5H3,(H,25,27)/t19-/m0/s1. The third-order valence-electron chi connectivity index (χ3n) is 5.46. The highest BCUT2D eigenvalue weighted by Gasteiger charge is 2.22. The summed E-state index contributed by atoms with van der Waals surface area (Å²) in [7, 11) is 0. The second-order valence-corrected chi connectivity index (χ2v) is 7.36. The summed E-state index contributed by atoms with van der Waals surface area (Å²) in [6, 6.07) is 18.5. The Morgan fingerprint density at radius 2 is 1.56 bits per heavy atom. The van der Waals surface area contributed by atoms with Gasteiger partial charge in [0.1, 0.15) is 5.69 Å². The molecule has 0 aliphatic heterocycles. The lowest BCUT2D eigenvalue weighted by molar-refractivity contribution is 0.0930. The number of carbonyl (C=O) groups excluding carboxylic acids is 1. The molecule has 2 aromatic carbocycles. The first-order chi connectivity index (χ1) is 12.9. The summed E-state index contributed by atoms with van der Waals surface area (Å²) in [5.74, 6) is -0.0211. The van der Waals surface area contributed by atoms with E-state index in [-0.39, 0.29) is 11.9 Å². The lowest BCUT2D eigenvalue weighted by Gasteiger charge is -2.17. The molecular formula is C24H28N2O. The molecule has 0 fully saturated rings. The fourth-order valence-corrected chi connectivity index (χ4v) is 3.48. The molecule has 0 aliphatic rings. The van der Waals surface area contributed by atoms with Crippen molar-refractivity contribution in [3.63, 3.8) is 0 Å². The van der Waals surface area contributed by atoms with Crippen molar-refractivity contribution in [3.05, 3.63) is 93.8 Å². The van der Waals surface area contributed by atoms with E-state index in [4.69, 9.17) is 0 Å². The third kappa shape index (κ3) is 3.97. The van der Waals surface area contributed by atoms with Gasteiger partial charge in [0.2, 0.25) is 0 Å². The molecule has 3 rings (SSSR count). The Morgan fingerprint density at radius 3 is 2.19 bits per heavy atom. The first kappa shape index (κ1) is 19.0. The van der Waals surface area contributed by atoms with Gasteiger partial charge in [-0.05, 0) is 56.9 Å². The quantitative estimate of drug-likeness (QED) is 0.661. The maximum atomic E-state index is 13.1. The minimum atomic E-state index is -0.0403. The van der Waals surface area contributed by atoms with Crippen molar-refractivity contribution in [2.45, 2.75) is 47.2 Å². The molecule has 0 bridgehead atoms. The molecule has 0 spiro atoms. The first-order valence-electron chi connectivity index (χ1n) is 9.46. The predicted molar refractivity (Wildman–Crippen MR) is 111 cm³/mol. The predicted octanol–water partition coefficient (Wildman–Crippen LogP) is 5.26. The molecule has 140 valence electrons. The highest BCUT2D eigenvalue weighted by molar-refractivity contribution is 5.95. The Kier molecular flexibility index (Phi) is 5.50. The minimum Gasteiger partial charge on any atom is -0.344 e. The molecule has 0 saturated carbocycles. The second-order valence-electron chi connectivity index (χ2n) is 7.36. The summed E-state index contributed by atoms with van der Waals surface area (Å²) < 4.78 is 2.14. The summed E-state index contributed by atoms with van der Waals surface area (Å²) in [6.07, 6.45) is 0. The van der Waals surface area contributed by atoms with E-state index < -0.39 is 0 Å². The van der Waals surface area contributed by atoms with Crippen LogP contribution in [0.3, 0.4) is 0 Å². The van der Waals surface area contributed by atoms with Gasteiger partial charge in [-0.25, -0.2) is 0 Å². The number of hydrogen-bond acceptors (Lipinski definition) is 1. The number of nitrogens with zero attached hydrogens (tertiary/aromatic N) is 1. The van der Waals surface area contributed by atoms with Gasteiger partial charge < -0.3 is 9.88 Å². The lowest BCUT2D eigenvalue weighted by atomic mass is 10.1. The van der Waals surface area contributed by atoms with Gasteiger partial charge in [-0.1, -0.05) is 60.2 Å². The molecule has 1 N–H and O–H groups in total. The summed E-state index contributed by atoms with van der Waals surface area (Å²) >= 11 is 0. The van der Waals surface area contributed by atoms with Gasteiger partial charge in [0, 0.05) is 12.2 Å². The van der Waals surface area contributed by atoms with E-state index in [0.29, 0.717) is 6.54 Å². The van der Waals surface area contributed by atoms with Crippen molar-refractivity contribution in [2.75, 3.05) is 0 Å². The molecule has 27 heavy (non-hydrogen) atoms. The monoisotopic (exact) mass is 360 g/mol. The van der Waals surface area contributed by atoms with E-state index in [1.54, 1.807) is 0 Å². The smallest absolute Gasteiger partial charge is 0.268 e. The van der Waals surface area contributed by atoms with Crippen molar-refractivity contribution in [3.8, 4) is 0 Å². The molecule has 3 nitrogen and oxygen atoms in total. The zero-order chi connectivity index (χ0) is 19.6. The van der Waals surface area contributed by atoms with Crippen LogP contribution < -0.4 is 5.32 Å². The molecule has 0 radical (unpaired) electrons. The van der Waals surface area contributed by atoms with Crippen molar-refractivity contribution >= 4 is 5.91 Å². The molecule has 1 atom stereocenters. The second kappa shape index (κ2) is 7.83. The van der Waals surface area contributed by atoms with Crippen molar-refractivity contribution < 1.29 is 4.79 Å². The largest absolute Gasteiger partial charge is 0.344 e. The molecular weight excluding hydrogens is 332 g/mol. The molecule has 3 heteroatoms. The number of benzene rings is 2. The van der Waals surface area contributed by atoms with E-state index in [1.807, 2.05) is 44.2 Å². The van der Waals surface area contributed by atoms with Crippen molar-refractivity contribution in [1.29, 1.82) is 0 Å². The van der Waals surface area contributed by atoms with Gasteiger partial charge >= 0.3 is 0 Å². The van der Waals surface area contributed by atoms with E-state index in [9.17, 15) is 4.79 Å². The van der Waals surface area contributed by atoms with Crippen LogP contribution in [0.5, 0.6) is 0 Å². The summed E-state index contributed by atoms with van der Waals surface area (Å²) in [5.41, 5.74) is 7.68. The third-order valence-corrected chi connectivity index (χ3v) is 5.46. The van der Waals surface area contributed by atoms with Gasteiger partial charge in [-0.3, -0.25) is 4.79 Å². The van der Waals surface area contributed by atoms with Crippen LogP contribution >= 0.6 is 0 Å². The van der Waals surface area contributed by atoms with Crippen LogP contribution in [0.25, 0.3) is 0 Å². The maximum Gasteiger partial charge on any atom is 0.268 e. The van der Waals surface area contributed by atoms with Crippen LogP contribution in [0.4, 0.5) is 0 Å². The highest BCUT2D eigenvalue weighted by Crippen LogP contribution is 2.24. The Morgan fingerprint density at radius 1 is 0.926 bits per heavy atom. The van der Waals surface area contributed by atoms with Crippen LogP contribution in [-0.4, -0.2) is 10.5 Å². The van der Waals surface area contributed by atoms with Crippen molar-refractivity contribution in [2.24, 2.45) is 0 Å². The fraction of sp³-hybridized carbons (Fsp3) is 0.292. The molecule has 1 heterocycles. The molecule has 1 aromatic heterocycles. The van der Waals surface area contributed by atoms with E-state index in [0.717, 1.165) is 22.5 Å².